The fraction of sp³-hybridized carbons (Fsp3) is 0.667. The maximum atomic E-state index is 12.0. The minimum absolute atomic E-state index is 0.151. The summed E-state index contributed by atoms with van der Waals surface area (Å²) in [6, 6.07) is 1.83. The summed E-state index contributed by atoms with van der Waals surface area (Å²) in [6.07, 6.45) is 2.97. The Kier molecular flexibility index (Phi) is 2.95. The van der Waals surface area contributed by atoms with Gasteiger partial charge in [-0.1, -0.05) is 0 Å². The van der Waals surface area contributed by atoms with Crippen LogP contribution in [-0.2, 0) is 6.54 Å². The minimum atomic E-state index is -0.206. The molecule has 1 fully saturated rings. The summed E-state index contributed by atoms with van der Waals surface area (Å²) in [7, 11) is 0. The van der Waals surface area contributed by atoms with E-state index in [2.05, 4.69) is 10.4 Å². The Labute approximate surface area is 105 Å². The van der Waals surface area contributed by atoms with Crippen LogP contribution in [0, 0.1) is 0 Å². The van der Waals surface area contributed by atoms with Crippen molar-refractivity contribution >= 4 is 5.91 Å². The number of hydrogen-bond donors (Lipinski definition) is 2. The van der Waals surface area contributed by atoms with Gasteiger partial charge in [0.2, 0.25) is 5.88 Å². The summed E-state index contributed by atoms with van der Waals surface area (Å²) in [5.74, 6) is 0.515. The first-order valence-electron chi connectivity index (χ1n) is 6.42. The van der Waals surface area contributed by atoms with Crippen LogP contribution in [0.5, 0.6) is 5.88 Å². The molecule has 0 bridgehead atoms. The highest BCUT2D eigenvalue weighted by molar-refractivity contribution is 5.92. The van der Waals surface area contributed by atoms with E-state index >= 15 is 0 Å². The summed E-state index contributed by atoms with van der Waals surface area (Å²) in [6.45, 7) is 1.34. The molecule has 3 rings (SSSR count). The largest absolute Gasteiger partial charge is 0.476 e. The van der Waals surface area contributed by atoms with E-state index < -0.39 is 0 Å². The number of carbonyl (C=O) groups excluding carboxylic acids is 1. The molecular formula is C12H17N3O3. The Hall–Kier alpha value is -1.56. The normalized spacial score (nSPS) is 26.5. The fourth-order valence-electron chi connectivity index (χ4n) is 2.50. The Morgan fingerprint density at radius 2 is 2.22 bits per heavy atom. The van der Waals surface area contributed by atoms with Crippen molar-refractivity contribution in [3.05, 3.63) is 11.8 Å². The molecule has 98 valence electrons. The van der Waals surface area contributed by atoms with E-state index in [9.17, 15) is 9.90 Å². The van der Waals surface area contributed by atoms with Crippen LogP contribution >= 0.6 is 0 Å². The van der Waals surface area contributed by atoms with Gasteiger partial charge < -0.3 is 15.2 Å². The molecule has 2 heterocycles. The van der Waals surface area contributed by atoms with Crippen LogP contribution in [0.4, 0.5) is 0 Å². The number of fused-ring (bicyclic) bond motifs is 1. The lowest BCUT2D eigenvalue weighted by atomic mass is 9.93. The standard InChI is InChI=1S/C12H17N3O3/c16-9-3-1-8(2-4-9)13-12(17)10-7-11-15(14-10)5-6-18-11/h7-9,16H,1-6H2,(H,13,17). The van der Waals surface area contributed by atoms with Crippen LogP contribution in [0.25, 0.3) is 0 Å². The fourth-order valence-corrected chi connectivity index (χ4v) is 2.50. The molecule has 0 atom stereocenters. The molecule has 1 aliphatic carbocycles. The van der Waals surface area contributed by atoms with Gasteiger partial charge in [-0.3, -0.25) is 4.79 Å². The molecule has 0 aromatic carbocycles. The molecule has 0 saturated heterocycles. The Morgan fingerprint density at radius 1 is 1.44 bits per heavy atom. The molecule has 18 heavy (non-hydrogen) atoms. The number of ether oxygens (including phenoxy) is 1. The summed E-state index contributed by atoms with van der Waals surface area (Å²) in [4.78, 5) is 12.0. The Morgan fingerprint density at radius 3 is 2.94 bits per heavy atom. The van der Waals surface area contributed by atoms with Gasteiger partial charge >= 0.3 is 0 Å². The SMILES string of the molecule is O=C(NC1CCC(O)CC1)c1cc2n(n1)CCO2. The van der Waals surface area contributed by atoms with Crippen molar-refractivity contribution in [2.24, 2.45) is 0 Å². The monoisotopic (exact) mass is 251 g/mol. The van der Waals surface area contributed by atoms with Crippen molar-refractivity contribution in [2.45, 2.75) is 44.4 Å². The van der Waals surface area contributed by atoms with E-state index in [0.29, 0.717) is 24.7 Å². The number of amides is 1. The molecule has 1 amide bonds. The molecule has 1 aliphatic heterocycles. The number of hydrogen-bond acceptors (Lipinski definition) is 4. The van der Waals surface area contributed by atoms with Gasteiger partial charge in [-0.25, -0.2) is 4.68 Å². The number of carbonyl (C=O) groups is 1. The van der Waals surface area contributed by atoms with Crippen LogP contribution in [-0.4, -0.2) is 39.5 Å². The Balaban J connectivity index is 1.60. The maximum Gasteiger partial charge on any atom is 0.272 e. The predicted octanol–water partition coefficient (Wildman–Crippen LogP) is 0.309. The first-order chi connectivity index (χ1) is 8.72. The molecule has 6 nitrogen and oxygen atoms in total. The topological polar surface area (TPSA) is 76.4 Å². The highest BCUT2D eigenvalue weighted by Gasteiger charge is 2.24. The third-order valence-electron chi connectivity index (χ3n) is 3.56. The van der Waals surface area contributed by atoms with Gasteiger partial charge in [0.25, 0.3) is 5.91 Å². The van der Waals surface area contributed by atoms with Gasteiger partial charge in [0.05, 0.1) is 12.6 Å². The molecule has 0 radical (unpaired) electrons. The molecule has 0 spiro atoms. The third kappa shape index (κ3) is 2.20. The average molecular weight is 251 g/mol. The first kappa shape index (κ1) is 11.5. The van der Waals surface area contributed by atoms with E-state index in [1.807, 2.05) is 0 Å². The van der Waals surface area contributed by atoms with Gasteiger partial charge in [0.1, 0.15) is 6.61 Å². The predicted molar refractivity (Wildman–Crippen MR) is 63.5 cm³/mol. The summed E-state index contributed by atoms with van der Waals surface area (Å²) < 4.78 is 7.03. The number of aliphatic hydroxyl groups excluding tert-OH is 1. The average Bonchev–Trinajstić information content (AvgIpc) is 2.92. The van der Waals surface area contributed by atoms with E-state index in [4.69, 9.17) is 4.74 Å². The number of nitrogens with one attached hydrogen (secondary N) is 1. The molecule has 0 unspecified atom stereocenters. The molecule has 6 heteroatoms. The van der Waals surface area contributed by atoms with Crippen molar-refractivity contribution in [3.8, 4) is 5.88 Å². The lowest BCUT2D eigenvalue weighted by molar-refractivity contribution is 0.0862. The maximum absolute atomic E-state index is 12.0. The molecular weight excluding hydrogens is 234 g/mol. The van der Waals surface area contributed by atoms with Gasteiger partial charge in [-0.15, -0.1) is 0 Å². The zero-order valence-corrected chi connectivity index (χ0v) is 10.1. The number of aliphatic hydroxyl groups is 1. The van der Waals surface area contributed by atoms with Crippen molar-refractivity contribution in [3.63, 3.8) is 0 Å². The van der Waals surface area contributed by atoms with Crippen molar-refractivity contribution in [2.75, 3.05) is 6.61 Å². The van der Waals surface area contributed by atoms with Gasteiger partial charge in [0.15, 0.2) is 5.69 Å². The zero-order chi connectivity index (χ0) is 12.5. The van der Waals surface area contributed by atoms with E-state index in [-0.39, 0.29) is 18.1 Å². The lowest BCUT2D eigenvalue weighted by Gasteiger charge is -2.25. The van der Waals surface area contributed by atoms with Crippen LogP contribution in [0.2, 0.25) is 0 Å². The second-order valence-electron chi connectivity index (χ2n) is 4.92. The van der Waals surface area contributed by atoms with Crippen molar-refractivity contribution < 1.29 is 14.6 Å². The first-order valence-corrected chi connectivity index (χ1v) is 6.42. The van der Waals surface area contributed by atoms with Gasteiger partial charge in [0, 0.05) is 12.1 Å². The second kappa shape index (κ2) is 4.61. The number of nitrogens with zero attached hydrogens (tertiary/aromatic N) is 2. The summed E-state index contributed by atoms with van der Waals surface area (Å²) in [5.41, 5.74) is 0.413. The quantitative estimate of drug-likeness (QED) is 0.793. The lowest BCUT2D eigenvalue weighted by Crippen LogP contribution is -2.38. The van der Waals surface area contributed by atoms with E-state index in [1.54, 1.807) is 10.7 Å². The van der Waals surface area contributed by atoms with Crippen molar-refractivity contribution in [1.29, 1.82) is 0 Å². The highest BCUT2D eigenvalue weighted by Crippen LogP contribution is 2.20. The smallest absolute Gasteiger partial charge is 0.272 e. The molecule has 1 aromatic rings. The van der Waals surface area contributed by atoms with E-state index in [1.165, 1.54) is 0 Å². The zero-order valence-electron chi connectivity index (χ0n) is 10.1. The van der Waals surface area contributed by atoms with Crippen LogP contribution in [0.3, 0.4) is 0 Å². The molecule has 2 aliphatic rings. The van der Waals surface area contributed by atoms with Crippen LogP contribution < -0.4 is 10.1 Å². The number of aromatic nitrogens is 2. The van der Waals surface area contributed by atoms with Crippen molar-refractivity contribution in [1.82, 2.24) is 15.1 Å². The van der Waals surface area contributed by atoms with Crippen LogP contribution in [0.15, 0.2) is 6.07 Å². The third-order valence-corrected chi connectivity index (χ3v) is 3.56. The molecule has 2 N–H and O–H groups in total. The number of rotatable bonds is 2. The van der Waals surface area contributed by atoms with E-state index in [0.717, 1.165) is 25.7 Å². The van der Waals surface area contributed by atoms with Gasteiger partial charge in [-0.2, -0.15) is 5.10 Å². The van der Waals surface area contributed by atoms with Crippen LogP contribution in [0.1, 0.15) is 36.2 Å². The second-order valence-corrected chi connectivity index (χ2v) is 4.92. The summed E-state index contributed by atoms with van der Waals surface area (Å²) in [5, 5.41) is 16.6. The highest BCUT2D eigenvalue weighted by atomic mass is 16.5. The molecule has 1 aromatic heterocycles. The van der Waals surface area contributed by atoms with Gasteiger partial charge in [-0.05, 0) is 25.7 Å². The molecule has 1 saturated carbocycles. The summed E-state index contributed by atoms with van der Waals surface area (Å²) >= 11 is 0. The Bertz CT molecular complexity index is 428. The minimum Gasteiger partial charge on any atom is -0.476 e.